The van der Waals surface area contributed by atoms with Crippen molar-refractivity contribution in [3.63, 3.8) is 0 Å². The minimum atomic E-state index is -0.352. The quantitative estimate of drug-likeness (QED) is 0.768. The predicted octanol–water partition coefficient (Wildman–Crippen LogP) is 2.80. The van der Waals surface area contributed by atoms with E-state index in [1.807, 2.05) is 13.0 Å². The van der Waals surface area contributed by atoms with E-state index in [9.17, 15) is 9.18 Å². The zero-order valence-electron chi connectivity index (χ0n) is 14.2. The molecule has 0 spiro atoms. The van der Waals surface area contributed by atoms with Crippen LogP contribution in [0.2, 0.25) is 0 Å². The van der Waals surface area contributed by atoms with Gasteiger partial charge in [0.2, 0.25) is 0 Å². The Morgan fingerprint density at radius 1 is 1.28 bits per heavy atom. The van der Waals surface area contributed by atoms with Crippen LogP contribution >= 0.6 is 0 Å². The van der Waals surface area contributed by atoms with E-state index in [1.54, 1.807) is 6.07 Å². The second kappa shape index (κ2) is 6.44. The molecule has 1 aliphatic rings. The number of H-pyrrole nitrogens is 1. The number of pyridine rings is 1. The van der Waals surface area contributed by atoms with Crippen LogP contribution < -0.4 is 10.9 Å². The highest BCUT2D eigenvalue weighted by atomic mass is 19.1. The molecule has 0 saturated carbocycles. The Morgan fingerprint density at radius 2 is 2.16 bits per heavy atom. The van der Waals surface area contributed by atoms with Crippen molar-refractivity contribution in [2.75, 3.05) is 0 Å². The molecule has 0 atom stereocenters. The summed E-state index contributed by atoms with van der Waals surface area (Å²) in [4.78, 5) is 19.6. The third-order valence-corrected chi connectivity index (χ3v) is 4.88. The smallest absolute Gasteiger partial charge is 0.252 e. The third kappa shape index (κ3) is 3.09. The van der Waals surface area contributed by atoms with Crippen LogP contribution in [0.3, 0.4) is 0 Å². The zero-order valence-corrected chi connectivity index (χ0v) is 14.2. The van der Waals surface area contributed by atoms with Crippen molar-refractivity contribution in [3.05, 3.63) is 63.2 Å². The van der Waals surface area contributed by atoms with Gasteiger partial charge >= 0.3 is 0 Å². The highest BCUT2D eigenvalue weighted by Crippen LogP contribution is 2.19. The Kier molecular flexibility index (Phi) is 4.13. The first-order valence-corrected chi connectivity index (χ1v) is 8.69. The molecule has 0 unspecified atom stereocenters. The summed E-state index contributed by atoms with van der Waals surface area (Å²) >= 11 is 0. The average molecular weight is 340 g/mol. The Labute approximate surface area is 144 Å². The van der Waals surface area contributed by atoms with E-state index < -0.39 is 0 Å². The van der Waals surface area contributed by atoms with Gasteiger partial charge in [0.15, 0.2) is 0 Å². The monoisotopic (exact) mass is 340 g/mol. The average Bonchev–Trinajstić information content (AvgIpc) is 2.91. The maximum atomic E-state index is 13.3. The fourth-order valence-corrected chi connectivity index (χ4v) is 3.57. The van der Waals surface area contributed by atoms with Crippen molar-refractivity contribution in [2.24, 2.45) is 0 Å². The van der Waals surface area contributed by atoms with E-state index in [-0.39, 0.29) is 11.4 Å². The van der Waals surface area contributed by atoms with Crippen molar-refractivity contribution in [2.45, 2.75) is 45.8 Å². The zero-order chi connectivity index (χ0) is 17.4. The van der Waals surface area contributed by atoms with Gasteiger partial charge in [-0.3, -0.25) is 4.79 Å². The number of aryl methyl sites for hydroxylation is 2. The summed E-state index contributed by atoms with van der Waals surface area (Å²) in [5, 5.41) is 4.19. The van der Waals surface area contributed by atoms with E-state index in [1.165, 1.54) is 36.5 Å². The topological polar surface area (TPSA) is 62.7 Å². The number of imidazole rings is 1. The Morgan fingerprint density at radius 3 is 3.04 bits per heavy atom. The number of fused-ring (bicyclic) bond motifs is 2. The van der Waals surface area contributed by atoms with E-state index in [0.29, 0.717) is 24.2 Å². The van der Waals surface area contributed by atoms with Crippen LogP contribution in [0.4, 0.5) is 4.39 Å². The molecule has 0 amide bonds. The number of benzene rings is 1. The van der Waals surface area contributed by atoms with Crippen LogP contribution in [-0.2, 0) is 26.1 Å². The Bertz CT molecular complexity index is 989. The van der Waals surface area contributed by atoms with Gasteiger partial charge < -0.3 is 14.9 Å². The molecule has 130 valence electrons. The van der Waals surface area contributed by atoms with Crippen molar-refractivity contribution < 1.29 is 4.39 Å². The summed E-state index contributed by atoms with van der Waals surface area (Å²) in [5.41, 5.74) is 3.25. The van der Waals surface area contributed by atoms with Crippen LogP contribution in [0, 0.1) is 12.7 Å². The number of rotatable bonds is 4. The van der Waals surface area contributed by atoms with E-state index in [4.69, 9.17) is 0 Å². The van der Waals surface area contributed by atoms with E-state index in [0.717, 1.165) is 24.0 Å². The number of hydrogen-bond donors (Lipinski definition) is 2. The van der Waals surface area contributed by atoms with Crippen molar-refractivity contribution in [3.8, 4) is 0 Å². The highest BCUT2D eigenvalue weighted by molar-refractivity contribution is 5.78. The molecule has 2 aromatic heterocycles. The third-order valence-electron chi connectivity index (χ3n) is 4.88. The summed E-state index contributed by atoms with van der Waals surface area (Å²) in [7, 11) is 0. The van der Waals surface area contributed by atoms with Gasteiger partial charge in [-0.2, -0.15) is 0 Å². The fraction of sp³-hybridized carbons (Fsp3) is 0.368. The standard InChI is InChI=1S/C19H21FN4O/c1-12-17(24-7-3-2-4-18(24)22-12)11-21-10-14-8-13-5-6-15(20)9-16(13)23-19(14)25/h5-6,8-9,21H,2-4,7,10-11H2,1H3,(H,23,25). The second-order valence-corrected chi connectivity index (χ2v) is 6.63. The molecule has 2 N–H and O–H groups in total. The van der Waals surface area contributed by atoms with Gasteiger partial charge in [-0.15, -0.1) is 0 Å². The molecule has 0 aliphatic carbocycles. The van der Waals surface area contributed by atoms with Gasteiger partial charge in [-0.25, -0.2) is 9.37 Å². The number of aromatic nitrogens is 3. The SMILES string of the molecule is Cc1nc2n(c1CNCc1cc3ccc(F)cc3[nH]c1=O)CCCC2. The van der Waals surface area contributed by atoms with Crippen LogP contribution in [0.1, 0.15) is 35.6 Å². The summed E-state index contributed by atoms with van der Waals surface area (Å²) < 4.78 is 15.6. The molecule has 5 nitrogen and oxygen atoms in total. The second-order valence-electron chi connectivity index (χ2n) is 6.63. The first-order valence-electron chi connectivity index (χ1n) is 8.69. The number of halogens is 1. The highest BCUT2D eigenvalue weighted by Gasteiger charge is 2.17. The maximum absolute atomic E-state index is 13.3. The fourth-order valence-electron chi connectivity index (χ4n) is 3.57. The summed E-state index contributed by atoms with van der Waals surface area (Å²) in [5.74, 6) is 0.820. The van der Waals surface area contributed by atoms with Gasteiger partial charge in [-0.1, -0.05) is 0 Å². The maximum Gasteiger partial charge on any atom is 0.252 e. The lowest BCUT2D eigenvalue weighted by atomic mass is 10.1. The molecular formula is C19H21FN4O. The first-order chi connectivity index (χ1) is 12.1. The molecule has 0 radical (unpaired) electrons. The van der Waals surface area contributed by atoms with E-state index in [2.05, 4.69) is 19.9 Å². The van der Waals surface area contributed by atoms with Gasteiger partial charge in [0.1, 0.15) is 11.6 Å². The molecule has 1 aliphatic heterocycles. The predicted molar refractivity (Wildman–Crippen MR) is 95.0 cm³/mol. The lowest BCUT2D eigenvalue weighted by Crippen LogP contribution is -2.23. The molecule has 0 fully saturated rings. The minimum Gasteiger partial charge on any atom is -0.331 e. The van der Waals surface area contributed by atoms with Gasteiger partial charge in [-0.05, 0) is 49.4 Å². The summed E-state index contributed by atoms with van der Waals surface area (Å²) in [6.07, 6.45) is 3.44. The molecule has 3 heterocycles. The number of nitrogens with zero attached hydrogens (tertiary/aromatic N) is 2. The molecule has 3 aromatic rings. The summed E-state index contributed by atoms with van der Waals surface area (Å²) in [6.45, 7) is 4.21. The Balaban J connectivity index is 1.51. The number of hydrogen-bond acceptors (Lipinski definition) is 3. The largest absolute Gasteiger partial charge is 0.331 e. The van der Waals surface area contributed by atoms with Crippen LogP contribution in [0.25, 0.3) is 10.9 Å². The Hall–Kier alpha value is -2.47. The van der Waals surface area contributed by atoms with E-state index >= 15 is 0 Å². The number of aromatic amines is 1. The van der Waals surface area contributed by atoms with Crippen molar-refractivity contribution >= 4 is 10.9 Å². The van der Waals surface area contributed by atoms with Crippen molar-refractivity contribution in [1.29, 1.82) is 0 Å². The lowest BCUT2D eigenvalue weighted by Gasteiger charge is -2.16. The minimum absolute atomic E-state index is 0.183. The van der Waals surface area contributed by atoms with Gasteiger partial charge in [0.25, 0.3) is 5.56 Å². The normalized spacial score (nSPS) is 14.0. The molecule has 6 heteroatoms. The van der Waals surface area contributed by atoms with Gasteiger partial charge in [0, 0.05) is 31.6 Å². The van der Waals surface area contributed by atoms with Crippen molar-refractivity contribution in [1.82, 2.24) is 19.9 Å². The first kappa shape index (κ1) is 16.0. The van der Waals surface area contributed by atoms with Crippen LogP contribution in [0.15, 0.2) is 29.1 Å². The molecule has 25 heavy (non-hydrogen) atoms. The lowest BCUT2D eigenvalue weighted by molar-refractivity contribution is 0.498. The molecule has 1 aromatic carbocycles. The summed E-state index contributed by atoms with van der Waals surface area (Å²) in [6, 6.07) is 6.25. The van der Waals surface area contributed by atoms with Crippen LogP contribution in [0.5, 0.6) is 0 Å². The van der Waals surface area contributed by atoms with Gasteiger partial charge in [0.05, 0.1) is 16.9 Å². The van der Waals surface area contributed by atoms with Crippen LogP contribution in [-0.4, -0.2) is 14.5 Å². The molecule has 4 rings (SSSR count). The number of nitrogens with one attached hydrogen (secondary N) is 2. The molecular weight excluding hydrogens is 319 g/mol. The molecule has 0 saturated heterocycles. The molecule has 0 bridgehead atoms.